The summed E-state index contributed by atoms with van der Waals surface area (Å²) in [4.78, 5) is 12.3. The molecule has 29 heavy (non-hydrogen) atoms. The highest BCUT2D eigenvalue weighted by Crippen LogP contribution is 2.36. The molecule has 0 fully saturated rings. The number of aromatic nitrogens is 3. The second kappa shape index (κ2) is 8.30. The standard InChI is InChI=1S/C21H25N3O5/c1-12(2)16-10-17(19(26)11-18(16)25)20-22-23-21(27)24(20)6-5-13-7-14(28-3)9-15(8-13)29-4/h7-12,25-26H,5-6H2,1-4H3,(H,23,27). The van der Waals surface area contributed by atoms with Crippen molar-refractivity contribution < 1.29 is 19.7 Å². The van der Waals surface area contributed by atoms with Crippen molar-refractivity contribution in [3.63, 3.8) is 0 Å². The van der Waals surface area contributed by atoms with Gasteiger partial charge in [-0.25, -0.2) is 9.89 Å². The van der Waals surface area contributed by atoms with Gasteiger partial charge in [0.2, 0.25) is 0 Å². The van der Waals surface area contributed by atoms with Crippen LogP contribution in [0.2, 0.25) is 0 Å². The maximum Gasteiger partial charge on any atom is 0.343 e. The number of aromatic amines is 1. The van der Waals surface area contributed by atoms with Crippen molar-refractivity contribution in [2.24, 2.45) is 0 Å². The van der Waals surface area contributed by atoms with Gasteiger partial charge in [-0.1, -0.05) is 13.8 Å². The smallest absolute Gasteiger partial charge is 0.343 e. The Morgan fingerprint density at radius 3 is 2.28 bits per heavy atom. The van der Waals surface area contributed by atoms with Crippen LogP contribution in [0.25, 0.3) is 11.4 Å². The molecular formula is C21H25N3O5. The number of hydrogen-bond acceptors (Lipinski definition) is 6. The number of ether oxygens (including phenoxy) is 2. The zero-order valence-corrected chi connectivity index (χ0v) is 16.9. The first-order valence-corrected chi connectivity index (χ1v) is 9.27. The van der Waals surface area contributed by atoms with E-state index < -0.39 is 0 Å². The van der Waals surface area contributed by atoms with Crippen LogP contribution >= 0.6 is 0 Å². The second-order valence-electron chi connectivity index (χ2n) is 7.06. The Labute approximate surface area is 168 Å². The highest BCUT2D eigenvalue weighted by atomic mass is 16.5. The highest BCUT2D eigenvalue weighted by molar-refractivity contribution is 5.67. The predicted molar refractivity (Wildman–Crippen MR) is 109 cm³/mol. The quantitative estimate of drug-likeness (QED) is 0.563. The van der Waals surface area contributed by atoms with E-state index in [1.165, 1.54) is 10.6 Å². The summed E-state index contributed by atoms with van der Waals surface area (Å²) in [6, 6.07) is 8.47. The minimum Gasteiger partial charge on any atom is -0.508 e. The molecule has 3 N–H and O–H groups in total. The molecule has 0 aliphatic carbocycles. The Morgan fingerprint density at radius 2 is 1.69 bits per heavy atom. The summed E-state index contributed by atoms with van der Waals surface area (Å²) < 4.78 is 12.0. The number of nitrogens with zero attached hydrogens (tertiary/aromatic N) is 2. The molecule has 8 nitrogen and oxygen atoms in total. The van der Waals surface area contributed by atoms with Gasteiger partial charge in [-0.3, -0.25) is 4.57 Å². The van der Waals surface area contributed by atoms with Gasteiger partial charge in [0.1, 0.15) is 23.0 Å². The maximum atomic E-state index is 12.3. The van der Waals surface area contributed by atoms with Crippen LogP contribution in [-0.4, -0.2) is 39.2 Å². The minimum absolute atomic E-state index is 0.00848. The predicted octanol–water partition coefficient (Wildman–Crippen LogP) is 3.03. The number of benzene rings is 2. The van der Waals surface area contributed by atoms with E-state index in [9.17, 15) is 15.0 Å². The molecule has 0 aliphatic rings. The molecule has 3 rings (SSSR count). The molecule has 0 bridgehead atoms. The average Bonchev–Trinajstić information content (AvgIpc) is 3.06. The molecule has 0 unspecified atom stereocenters. The fraction of sp³-hybridized carbons (Fsp3) is 0.333. The molecule has 154 valence electrons. The van der Waals surface area contributed by atoms with Crippen molar-refractivity contribution in [3.8, 4) is 34.4 Å². The lowest BCUT2D eigenvalue weighted by molar-refractivity contribution is 0.393. The second-order valence-corrected chi connectivity index (χ2v) is 7.06. The van der Waals surface area contributed by atoms with Crippen molar-refractivity contribution in [2.75, 3.05) is 14.2 Å². The molecule has 2 aromatic carbocycles. The van der Waals surface area contributed by atoms with Crippen molar-refractivity contribution in [3.05, 3.63) is 51.9 Å². The van der Waals surface area contributed by atoms with Crippen LogP contribution in [0.3, 0.4) is 0 Å². The van der Waals surface area contributed by atoms with Crippen LogP contribution in [0, 0.1) is 0 Å². The van der Waals surface area contributed by atoms with Gasteiger partial charge in [0.15, 0.2) is 5.82 Å². The van der Waals surface area contributed by atoms with Gasteiger partial charge in [0, 0.05) is 18.7 Å². The number of H-pyrrole nitrogens is 1. The third-order valence-electron chi connectivity index (χ3n) is 4.80. The molecule has 0 saturated carbocycles. The number of nitrogens with one attached hydrogen (secondary N) is 1. The first-order valence-electron chi connectivity index (χ1n) is 9.27. The number of phenols is 2. The molecule has 0 saturated heterocycles. The molecule has 0 atom stereocenters. The highest BCUT2D eigenvalue weighted by Gasteiger charge is 2.18. The number of phenolic OH excluding ortho intramolecular Hbond substituents is 2. The number of aryl methyl sites for hydroxylation is 1. The lowest BCUT2D eigenvalue weighted by Crippen LogP contribution is -2.19. The van der Waals surface area contributed by atoms with Gasteiger partial charge < -0.3 is 19.7 Å². The Balaban J connectivity index is 1.96. The Kier molecular flexibility index (Phi) is 5.81. The molecular weight excluding hydrogens is 374 g/mol. The summed E-state index contributed by atoms with van der Waals surface area (Å²) in [7, 11) is 3.16. The molecule has 0 amide bonds. The van der Waals surface area contributed by atoms with E-state index in [1.54, 1.807) is 26.4 Å². The van der Waals surface area contributed by atoms with Gasteiger partial charge in [-0.2, -0.15) is 5.10 Å². The van der Waals surface area contributed by atoms with Gasteiger partial charge in [0.25, 0.3) is 0 Å². The largest absolute Gasteiger partial charge is 0.508 e. The number of methoxy groups -OCH3 is 2. The summed E-state index contributed by atoms with van der Waals surface area (Å²) in [6.45, 7) is 4.20. The monoisotopic (exact) mass is 399 g/mol. The normalized spacial score (nSPS) is 11.1. The summed E-state index contributed by atoms with van der Waals surface area (Å²) in [5.74, 6) is 1.54. The van der Waals surface area contributed by atoms with E-state index in [0.717, 1.165) is 5.56 Å². The number of rotatable bonds is 7. The van der Waals surface area contributed by atoms with E-state index in [2.05, 4.69) is 10.2 Å². The zero-order valence-electron chi connectivity index (χ0n) is 16.9. The van der Waals surface area contributed by atoms with Gasteiger partial charge >= 0.3 is 5.69 Å². The third kappa shape index (κ3) is 4.21. The van der Waals surface area contributed by atoms with E-state index in [1.807, 2.05) is 26.0 Å². The van der Waals surface area contributed by atoms with E-state index in [4.69, 9.17) is 9.47 Å². The van der Waals surface area contributed by atoms with E-state index in [0.29, 0.717) is 41.4 Å². The fourth-order valence-corrected chi connectivity index (χ4v) is 3.22. The first-order chi connectivity index (χ1) is 13.8. The van der Waals surface area contributed by atoms with Crippen molar-refractivity contribution in [1.29, 1.82) is 0 Å². The molecule has 8 heteroatoms. The zero-order chi connectivity index (χ0) is 21.1. The molecule has 0 radical (unpaired) electrons. The summed E-state index contributed by atoms with van der Waals surface area (Å²) >= 11 is 0. The van der Waals surface area contributed by atoms with Crippen molar-refractivity contribution >= 4 is 0 Å². The average molecular weight is 399 g/mol. The first kappa shape index (κ1) is 20.3. The van der Waals surface area contributed by atoms with Gasteiger partial charge in [-0.15, -0.1) is 0 Å². The molecule has 0 aliphatic heterocycles. The van der Waals surface area contributed by atoms with Gasteiger partial charge in [-0.05, 0) is 41.7 Å². The van der Waals surface area contributed by atoms with Crippen LogP contribution in [0.1, 0.15) is 30.9 Å². The van der Waals surface area contributed by atoms with E-state index in [-0.39, 0.29) is 23.1 Å². The number of aromatic hydroxyl groups is 2. The SMILES string of the molecule is COc1cc(CCn2c(-c3cc(C(C)C)c(O)cc3O)n[nH]c2=O)cc(OC)c1. The van der Waals surface area contributed by atoms with Crippen LogP contribution in [0.4, 0.5) is 0 Å². The molecule has 1 aromatic heterocycles. The molecule has 3 aromatic rings. The summed E-state index contributed by atoms with van der Waals surface area (Å²) in [5, 5.41) is 27.0. The van der Waals surface area contributed by atoms with Crippen LogP contribution in [-0.2, 0) is 13.0 Å². The van der Waals surface area contributed by atoms with E-state index >= 15 is 0 Å². The van der Waals surface area contributed by atoms with Gasteiger partial charge in [0.05, 0.1) is 19.8 Å². The Hall–Kier alpha value is -3.42. The van der Waals surface area contributed by atoms with Crippen molar-refractivity contribution in [2.45, 2.75) is 32.7 Å². The molecule has 0 spiro atoms. The van der Waals surface area contributed by atoms with Crippen molar-refractivity contribution in [1.82, 2.24) is 14.8 Å². The summed E-state index contributed by atoms with van der Waals surface area (Å²) in [6.07, 6.45) is 0.524. The number of hydrogen-bond donors (Lipinski definition) is 3. The fourth-order valence-electron chi connectivity index (χ4n) is 3.22. The lowest BCUT2D eigenvalue weighted by atomic mass is 9.98. The van der Waals surface area contributed by atoms with Crippen LogP contribution in [0.15, 0.2) is 35.1 Å². The minimum atomic E-state index is -0.381. The maximum absolute atomic E-state index is 12.3. The summed E-state index contributed by atoms with van der Waals surface area (Å²) in [5.41, 5.74) is 1.59. The topological polar surface area (TPSA) is 110 Å². The molecule has 1 heterocycles. The van der Waals surface area contributed by atoms with Crippen LogP contribution in [0.5, 0.6) is 23.0 Å². The Bertz CT molecular complexity index is 1050. The third-order valence-corrected chi connectivity index (χ3v) is 4.80. The lowest BCUT2D eigenvalue weighted by Gasteiger charge is -2.13. The van der Waals surface area contributed by atoms with Crippen LogP contribution < -0.4 is 15.2 Å². The Morgan fingerprint density at radius 1 is 1.03 bits per heavy atom.